The van der Waals surface area contributed by atoms with E-state index in [-0.39, 0.29) is 11.9 Å². The highest BCUT2D eigenvalue weighted by Gasteiger charge is 2.14. The molecule has 1 aromatic carbocycles. The summed E-state index contributed by atoms with van der Waals surface area (Å²) in [6.45, 7) is 0. The van der Waals surface area contributed by atoms with Gasteiger partial charge in [0.15, 0.2) is 0 Å². The van der Waals surface area contributed by atoms with Crippen LogP contribution in [-0.2, 0) is 6.42 Å². The van der Waals surface area contributed by atoms with Crippen molar-refractivity contribution in [3.8, 4) is 0 Å². The van der Waals surface area contributed by atoms with E-state index in [9.17, 15) is 4.39 Å². The minimum Gasteiger partial charge on any atom is -0.323 e. The highest BCUT2D eigenvalue weighted by molar-refractivity contribution is 9.10. The Labute approximate surface area is 120 Å². The molecule has 2 rings (SSSR count). The van der Waals surface area contributed by atoms with Crippen molar-refractivity contribution in [2.24, 2.45) is 5.73 Å². The van der Waals surface area contributed by atoms with Crippen LogP contribution in [-0.4, -0.2) is 0 Å². The molecule has 1 nitrogen and oxygen atoms in total. The summed E-state index contributed by atoms with van der Waals surface area (Å²) < 4.78 is 15.4. The molecule has 1 atom stereocenters. The van der Waals surface area contributed by atoms with Crippen LogP contribution in [0.4, 0.5) is 4.39 Å². The molecule has 17 heavy (non-hydrogen) atoms. The normalized spacial score (nSPS) is 12.7. The van der Waals surface area contributed by atoms with Gasteiger partial charge in [0.2, 0.25) is 0 Å². The Morgan fingerprint density at radius 1 is 1.29 bits per heavy atom. The van der Waals surface area contributed by atoms with Gasteiger partial charge in [0, 0.05) is 19.9 Å². The Balaban J connectivity index is 2.19. The van der Waals surface area contributed by atoms with E-state index >= 15 is 0 Å². The first kappa shape index (κ1) is 13.2. The summed E-state index contributed by atoms with van der Waals surface area (Å²) in [6, 6.07) is 6.83. The molecule has 0 radical (unpaired) electrons. The minimum atomic E-state index is -0.220. The fourth-order valence-corrected chi connectivity index (χ4v) is 3.59. The highest BCUT2D eigenvalue weighted by Crippen LogP contribution is 2.30. The van der Waals surface area contributed by atoms with Gasteiger partial charge in [-0.15, -0.1) is 11.3 Å². The van der Waals surface area contributed by atoms with Gasteiger partial charge < -0.3 is 5.73 Å². The minimum absolute atomic E-state index is 0.181. The van der Waals surface area contributed by atoms with Gasteiger partial charge in [-0.1, -0.05) is 22.0 Å². The van der Waals surface area contributed by atoms with Crippen LogP contribution in [0, 0.1) is 5.82 Å². The SMILES string of the molecule is NC(Cc1ccc(Br)cc1F)c1sccc1Br. The summed E-state index contributed by atoms with van der Waals surface area (Å²) in [7, 11) is 0. The lowest BCUT2D eigenvalue weighted by atomic mass is 10.1. The van der Waals surface area contributed by atoms with E-state index in [1.807, 2.05) is 17.5 Å². The zero-order chi connectivity index (χ0) is 12.4. The maximum atomic E-state index is 13.7. The quantitative estimate of drug-likeness (QED) is 0.826. The molecule has 0 fully saturated rings. The molecule has 0 aliphatic carbocycles. The maximum absolute atomic E-state index is 13.7. The average molecular weight is 379 g/mol. The topological polar surface area (TPSA) is 26.0 Å². The van der Waals surface area contributed by atoms with Crippen molar-refractivity contribution in [2.75, 3.05) is 0 Å². The first-order valence-corrected chi connectivity index (χ1v) is 7.47. The van der Waals surface area contributed by atoms with E-state index in [4.69, 9.17) is 5.73 Å². The number of thiophene rings is 1. The Hall–Kier alpha value is -0.230. The molecular formula is C12H10Br2FNS. The van der Waals surface area contributed by atoms with Crippen molar-refractivity contribution in [1.82, 2.24) is 0 Å². The van der Waals surface area contributed by atoms with E-state index in [1.165, 1.54) is 6.07 Å². The molecular weight excluding hydrogens is 369 g/mol. The molecule has 2 aromatic rings. The highest BCUT2D eigenvalue weighted by atomic mass is 79.9. The average Bonchev–Trinajstić information content (AvgIpc) is 2.68. The lowest BCUT2D eigenvalue weighted by molar-refractivity contribution is 0.594. The second-order valence-corrected chi connectivity index (χ2v) is 6.40. The first-order chi connectivity index (χ1) is 8.08. The molecule has 1 aromatic heterocycles. The molecule has 0 bridgehead atoms. The fourth-order valence-electron chi connectivity index (χ4n) is 1.59. The van der Waals surface area contributed by atoms with E-state index in [2.05, 4.69) is 31.9 Å². The molecule has 90 valence electrons. The maximum Gasteiger partial charge on any atom is 0.127 e. The van der Waals surface area contributed by atoms with Crippen LogP contribution in [0.2, 0.25) is 0 Å². The van der Waals surface area contributed by atoms with Crippen LogP contribution >= 0.6 is 43.2 Å². The Morgan fingerprint density at radius 2 is 2.06 bits per heavy atom. The molecule has 1 unspecified atom stereocenters. The standard InChI is InChI=1S/C12H10Br2FNS/c13-8-2-1-7(10(15)6-8)5-11(16)12-9(14)3-4-17-12/h1-4,6,11H,5,16H2. The largest absolute Gasteiger partial charge is 0.323 e. The molecule has 1 heterocycles. The summed E-state index contributed by atoms with van der Waals surface area (Å²) in [5, 5.41) is 1.97. The predicted octanol–water partition coefficient (Wildman–Crippen LogP) is 4.65. The zero-order valence-electron chi connectivity index (χ0n) is 8.79. The van der Waals surface area contributed by atoms with E-state index in [0.717, 1.165) is 13.8 Å². The van der Waals surface area contributed by atoms with Crippen molar-refractivity contribution < 1.29 is 4.39 Å². The monoisotopic (exact) mass is 377 g/mol. The van der Waals surface area contributed by atoms with Crippen molar-refractivity contribution in [2.45, 2.75) is 12.5 Å². The van der Waals surface area contributed by atoms with Gasteiger partial charge in [0.1, 0.15) is 5.82 Å². The van der Waals surface area contributed by atoms with Gasteiger partial charge >= 0.3 is 0 Å². The second-order valence-electron chi connectivity index (χ2n) is 3.68. The van der Waals surface area contributed by atoms with Gasteiger partial charge in [-0.25, -0.2) is 4.39 Å². The van der Waals surface area contributed by atoms with Crippen molar-refractivity contribution in [1.29, 1.82) is 0 Å². The number of hydrogen-bond donors (Lipinski definition) is 1. The molecule has 0 aliphatic heterocycles. The molecule has 0 saturated carbocycles. The number of halogens is 3. The third-order valence-corrected chi connectivity index (χ3v) is 4.93. The van der Waals surface area contributed by atoms with Crippen LogP contribution < -0.4 is 5.73 Å². The Bertz CT molecular complexity index is 527. The van der Waals surface area contributed by atoms with Gasteiger partial charge in [0.25, 0.3) is 0 Å². The van der Waals surface area contributed by atoms with E-state index < -0.39 is 0 Å². The third-order valence-electron chi connectivity index (χ3n) is 2.44. The van der Waals surface area contributed by atoms with Crippen LogP contribution in [0.15, 0.2) is 38.6 Å². The van der Waals surface area contributed by atoms with E-state index in [1.54, 1.807) is 17.4 Å². The van der Waals surface area contributed by atoms with Crippen molar-refractivity contribution in [3.05, 3.63) is 54.8 Å². The predicted molar refractivity (Wildman–Crippen MR) is 76.8 cm³/mol. The Kier molecular flexibility index (Phi) is 4.36. The summed E-state index contributed by atoms with van der Waals surface area (Å²) in [4.78, 5) is 1.05. The smallest absolute Gasteiger partial charge is 0.127 e. The van der Waals surface area contributed by atoms with Gasteiger partial charge in [-0.2, -0.15) is 0 Å². The van der Waals surface area contributed by atoms with Crippen molar-refractivity contribution in [3.63, 3.8) is 0 Å². The first-order valence-electron chi connectivity index (χ1n) is 5.00. The number of benzene rings is 1. The molecule has 0 aliphatic rings. The summed E-state index contributed by atoms with van der Waals surface area (Å²) >= 11 is 8.26. The molecule has 2 N–H and O–H groups in total. The summed E-state index contributed by atoms with van der Waals surface area (Å²) in [6.07, 6.45) is 0.498. The fraction of sp³-hybridized carbons (Fsp3) is 0.167. The number of hydrogen-bond acceptors (Lipinski definition) is 2. The van der Waals surface area contributed by atoms with Crippen LogP contribution in [0.3, 0.4) is 0 Å². The lowest BCUT2D eigenvalue weighted by Gasteiger charge is -2.11. The van der Waals surface area contributed by atoms with Gasteiger partial charge in [-0.3, -0.25) is 0 Å². The zero-order valence-corrected chi connectivity index (χ0v) is 12.8. The molecule has 5 heteroatoms. The molecule has 0 amide bonds. The van der Waals surface area contributed by atoms with Crippen molar-refractivity contribution >= 4 is 43.2 Å². The van der Waals surface area contributed by atoms with Crippen LogP contribution in [0.1, 0.15) is 16.5 Å². The lowest BCUT2D eigenvalue weighted by Crippen LogP contribution is -2.13. The summed E-state index contributed by atoms with van der Waals surface area (Å²) in [5.41, 5.74) is 6.72. The van der Waals surface area contributed by atoms with Crippen LogP contribution in [0.25, 0.3) is 0 Å². The summed E-state index contributed by atoms with van der Waals surface area (Å²) in [5.74, 6) is -0.220. The number of rotatable bonds is 3. The molecule has 0 saturated heterocycles. The second kappa shape index (κ2) is 5.61. The molecule has 0 spiro atoms. The Morgan fingerprint density at radius 3 is 2.65 bits per heavy atom. The van der Waals surface area contributed by atoms with Crippen LogP contribution in [0.5, 0.6) is 0 Å². The number of nitrogens with two attached hydrogens (primary N) is 1. The van der Waals surface area contributed by atoms with E-state index in [0.29, 0.717) is 12.0 Å². The van der Waals surface area contributed by atoms with Gasteiger partial charge in [-0.05, 0) is 51.5 Å². The van der Waals surface area contributed by atoms with Gasteiger partial charge in [0.05, 0.1) is 0 Å². The third kappa shape index (κ3) is 3.16.